The summed E-state index contributed by atoms with van der Waals surface area (Å²) >= 11 is 0. The van der Waals surface area contributed by atoms with Gasteiger partial charge in [0, 0.05) is 37.1 Å². The van der Waals surface area contributed by atoms with Crippen molar-refractivity contribution in [3.8, 4) is 23.1 Å². The number of anilines is 3. The van der Waals surface area contributed by atoms with E-state index in [4.69, 9.17) is 9.72 Å². The summed E-state index contributed by atoms with van der Waals surface area (Å²) in [6.07, 6.45) is 8.23. The van der Waals surface area contributed by atoms with Crippen LogP contribution in [0.2, 0.25) is 0 Å². The summed E-state index contributed by atoms with van der Waals surface area (Å²) in [5.41, 5.74) is 5.03. The molecule has 0 atom stereocenters. The molecule has 1 saturated carbocycles. The molecule has 5 rings (SSSR count). The highest BCUT2D eigenvalue weighted by Crippen LogP contribution is 2.35. The van der Waals surface area contributed by atoms with Crippen LogP contribution in [-0.4, -0.2) is 32.9 Å². The summed E-state index contributed by atoms with van der Waals surface area (Å²) in [4.78, 5) is 7.85. The van der Waals surface area contributed by atoms with E-state index in [1.54, 1.807) is 19.5 Å². The Labute approximate surface area is 186 Å². The van der Waals surface area contributed by atoms with E-state index in [1.165, 1.54) is 12.8 Å². The highest BCUT2D eigenvalue weighted by molar-refractivity contribution is 5.96. The quantitative estimate of drug-likeness (QED) is 0.403. The molecule has 0 bridgehead atoms. The number of nitriles is 1. The molecule has 1 fully saturated rings. The molecule has 0 unspecified atom stereocenters. The molecule has 32 heavy (non-hydrogen) atoms. The monoisotopic (exact) mass is 427 g/mol. The minimum atomic E-state index is 0.419. The molecule has 1 aliphatic carbocycles. The molecule has 3 heterocycles. The Kier molecular flexibility index (Phi) is 5.15. The van der Waals surface area contributed by atoms with Crippen LogP contribution in [0.1, 0.15) is 31.2 Å². The van der Waals surface area contributed by atoms with Gasteiger partial charge in [0.15, 0.2) is 0 Å². The van der Waals surface area contributed by atoms with Crippen molar-refractivity contribution < 1.29 is 4.74 Å². The Bertz CT molecular complexity index is 1310. The van der Waals surface area contributed by atoms with Crippen LogP contribution in [-0.2, 0) is 7.05 Å². The van der Waals surface area contributed by atoms with E-state index in [0.29, 0.717) is 28.8 Å². The topological polar surface area (TPSA) is 104 Å². The van der Waals surface area contributed by atoms with Gasteiger partial charge in [0.1, 0.15) is 23.3 Å². The van der Waals surface area contributed by atoms with Gasteiger partial charge < -0.3 is 20.4 Å². The fourth-order valence-electron chi connectivity index (χ4n) is 4.44. The zero-order valence-corrected chi connectivity index (χ0v) is 18.1. The van der Waals surface area contributed by atoms with Gasteiger partial charge in [-0.2, -0.15) is 10.4 Å². The number of ether oxygens (including phenoxy) is 1. The first-order valence-electron chi connectivity index (χ1n) is 10.8. The van der Waals surface area contributed by atoms with Gasteiger partial charge in [-0.05, 0) is 31.0 Å². The molecule has 0 saturated heterocycles. The number of aryl methyl sites for hydroxylation is 1. The van der Waals surface area contributed by atoms with Crippen molar-refractivity contribution in [1.29, 1.82) is 5.26 Å². The van der Waals surface area contributed by atoms with Crippen LogP contribution in [0, 0.1) is 11.3 Å². The van der Waals surface area contributed by atoms with E-state index in [1.807, 2.05) is 42.1 Å². The summed E-state index contributed by atoms with van der Waals surface area (Å²) in [7, 11) is 3.57. The van der Waals surface area contributed by atoms with E-state index in [-0.39, 0.29) is 0 Å². The Morgan fingerprint density at radius 3 is 2.75 bits per heavy atom. The third-order valence-corrected chi connectivity index (χ3v) is 6.06. The maximum absolute atomic E-state index is 9.54. The number of rotatable bonds is 6. The summed E-state index contributed by atoms with van der Waals surface area (Å²) in [6, 6.07) is 12.6. The van der Waals surface area contributed by atoms with Crippen molar-refractivity contribution in [2.24, 2.45) is 7.05 Å². The number of hydrogen-bond acceptors (Lipinski definition) is 6. The van der Waals surface area contributed by atoms with Crippen LogP contribution in [0.25, 0.3) is 22.3 Å². The first-order valence-corrected chi connectivity index (χ1v) is 10.8. The second kappa shape index (κ2) is 8.27. The molecule has 162 valence electrons. The molecular weight excluding hydrogens is 402 g/mol. The highest BCUT2D eigenvalue weighted by atomic mass is 16.5. The zero-order chi connectivity index (χ0) is 22.1. The van der Waals surface area contributed by atoms with Gasteiger partial charge in [-0.1, -0.05) is 18.9 Å². The summed E-state index contributed by atoms with van der Waals surface area (Å²) < 4.78 is 7.49. The van der Waals surface area contributed by atoms with E-state index < -0.39 is 0 Å². The fraction of sp³-hybridized carbons (Fsp3) is 0.292. The van der Waals surface area contributed by atoms with Crippen molar-refractivity contribution in [1.82, 2.24) is 19.7 Å². The molecule has 8 nitrogen and oxygen atoms in total. The van der Waals surface area contributed by atoms with E-state index in [2.05, 4.69) is 26.8 Å². The molecule has 0 aliphatic heterocycles. The fourth-order valence-corrected chi connectivity index (χ4v) is 4.44. The molecule has 8 heteroatoms. The number of aromatic nitrogens is 4. The normalized spacial score (nSPS) is 13.9. The molecule has 1 aromatic carbocycles. The lowest BCUT2D eigenvalue weighted by Crippen LogP contribution is -2.15. The van der Waals surface area contributed by atoms with E-state index in [9.17, 15) is 5.26 Å². The van der Waals surface area contributed by atoms with Gasteiger partial charge in [0.25, 0.3) is 0 Å². The van der Waals surface area contributed by atoms with Crippen LogP contribution < -0.4 is 15.4 Å². The van der Waals surface area contributed by atoms with Gasteiger partial charge in [0.05, 0.1) is 35.1 Å². The number of nitrogens with zero attached hydrogens (tertiary/aromatic N) is 4. The summed E-state index contributed by atoms with van der Waals surface area (Å²) in [5.74, 6) is 1.39. The third kappa shape index (κ3) is 3.62. The predicted octanol–water partition coefficient (Wildman–Crippen LogP) is 4.94. The van der Waals surface area contributed by atoms with Crippen molar-refractivity contribution in [2.75, 3.05) is 17.7 Å². The molecule has 0 radical (unpaired) electrons. The van der Waals surface area contributed by atoms with Crippen LogP contribution in [0.15, 0.2) is 42.7 Å². The smallest absolute Gasteiger partial charge is 0.143 e. The lowest BCUT2D eigenvalue weighted by atomic mass is 10.1. The van der Waals surface area contributed by atoms with Crippen LogP contribution in [0.5, 0.6) is 5.75 Å². The number of H-pyrrole nitrogens is 1. The summed E-state index contributed by atoms with van der Waals surface area (Å²) in [6.45, 7) is 0. The molecular formula is C24H25N7O. The second-order valence-electron chi connectivity index (χ2n) is 8.10. The molecule has 4 aromatic rings. The van der Waals surface area contributed by atoms with Gasteiger partial charge in [-0.25, -0.2) is 4.98 Å². The molecule has 3 N–H and O–H groups in total. The minimum absolute atomic E-state index is 0.419. The number of methoxy groups -OCH3 is 1. The first-order chi connectivity index (χ1) is 15.7. The minimum Gasteiger partial charge on any atom is -0.495 e. The number of hydrogen-bond donors (Lipinski definition) is 3. The Morgan fingerprint density at radius 2 is 2.03 bits per heavy atom. The maximum Gasteiger partial charge on any atom is 0.143 e. The predicted molar refractivity (Wildman–Crippen MR) is 125 cm³/mol. The Morgan fingerprint density at radius 1 is 1.19 bits per heavy atom. The van der Waals surface area contributed by atoms with Crippen LogP contribution in [0.4, 0.5) is 17.2 Å². The molecule has 3 aromatic heterocycles. The molecule has 0 spiro atoms. The Hall–Kier alpha value is -3.99. The lowest BCUT2D eigenvalue weighted by Gasteiger charge is -2.17. The lowest BCUT2D eigenvalue weighted by molar-refractivity contribution is 0.417. The van der Waals surface area contributed by atoms with Crippen molar-refractivity contribution in [2.45, 2.75) is 31.7 Å². The van der Waals surface area contributed by atoms with Gasteiger partial charge in [-0.3, -0.25) is 4.68 Å². The maximum atomic E-state index is 9.54. The molecule has 1 aliphatic rings. The van der Waals surface area contributed by atoms with Crippen molar-refractivity contribution in [3.63, 3.8) is 0 Å². The Balaban J connectivity index is 1.51. The van der Waals surface area contributed by atoms with E-state index in [0.717, 1.165) is 40.9 Å². The van der Waals surface area contributed by atoms with E-state index >= 15 is 0 Å². The van der Waals surface area contributed by atoms with Gasteiger partial charge in [-0.15, -0.1) is 0 Å². The average molecular weight is 428 g/mol. The zero-order valence-electron chi connectivity index (χ0n) is 18.1. The standard InChI is InChI=1S/C24H25N7O/c1-31-20(9-10-27-31)15-7-8-18(21(11-15)32-2)29-22-12-19(28-17-5-3-4-6-17)23-16(13-25)14-26-24(23)30-22/h7-12,14,17H,3-6H2,1-2H3,(H3,26,28,29,30). The number of aromatic amines is 1. The van der Waals surface area contributed by atoms with Gasteiger partial charge in [0.2, 0.25) is 0 Å². The third-order valence-electron chi connectivity index (χ3n) is 6.06. The van der Waals surface area contributed by atoms with Crippen LogP contribution in [0.3, 0.4) is 0 Å². The summed E-state index contributed by atoms with van der Waals surface area (Å²) in [5, 5.41) is 21.7. The van der Waals surface area contributed by atoms with Crippen molar-refractivity contribution >= 4 is 28.2 Å². The highest BCUT2D eigenvalue weighted by Gasteiger charge is 2.19. The number of benzene rings is 1. The number of pyridine rings is 1. The second-order valence-corrected chi connectivity index (χ2v) is 8.10. The molecule has 0 amide bonds. The first kappa shape index (κ1) is 19.9. The van der Waals surface area contributed by atoms with Crippen LogP contribution >= 0.6 is 0 Å². The SMILES string of the molecule is COc1cc(-c2ccnn2C)ccc1Nc1cc(NC2CCCC2)c2c(C#N)c[nH]c2n1. The van der Waals surface area contributed by atoms with Gasteiger partial charge >= 0.3 is 0 Å². The van der Waals surface area contributed by atoms with Crippen molar-refractivity contribution in [3.05, 3.63) is 48.3 Å². The average Bonchev–Trinajstić information content (AvgIpc) is 3.55. The number of nitrogens with one attached hydrogen (secondary N) is 3. The number of fused-ring (bicyclic) bond motifs is 1. The largest absolute Gasteiger partial charge is 0.495 e.